The van der Waals surface area contributed by atoms with Crippen molar-refractivity contribution in [1.82, 2.24) is 0 Å². The van der Waals surface area contributed by atoms with E-state index in [0.717, 1.165) is 5.92 Å². The molecule has 0 N–H and O–H groups in total. The van der Waals surface area contributed by atoms with Crippen LogP contribution in [0, 0.1) is 5.92 Å². The second-order valence-corrected chi connectivity index (χ2v) is 4.20. The zero-order chi connectivity index (χ0) is 8.67. The van der Waals surface area contributed by atoms with Crippen LogP contribution in [0.15, 0.2) is 47.1 Å². The average molecular weight is 170 g/mol. The fourth-order valence-electron chi connectivity index (χ4n) is 2.63. The Morgan fingerprint density at radius 2 is 1.92 bits per heavy atom. The van der Waals surface area contributed by atoms with Crippen LogP contribution in [0.2, 0.25) is 0 Å². The van der Waals surface area contributed by atoms with Gasteiger partial charge in [0.05, 0.1) is 0 Å². The minimum Gasteiger partial charge on any atom is -0.0841 e. The molecule has 0 spiro atoms. The zero-order valence-corrected chi connectivity index (χ0v) is 7.79. The normalized spacial score (nSPS) is 30.2. The highest BCUT2D eigenvalue weighted by Gasteiger charge is 2.24. The quantitative estimate of drug-likeness (QED) is 0.488. The minimum atomic E-state index is 0.755. The van der Waals surface area contributed by atoms with Gasteiger partial charge in [0, 0.05) is 5.92 Å². The van der Waals surface area contributed by atoms with Gasteiger partial charge in [-0.1, -0.05) is 47.1 Å². The summed E-state index contributed by atoms with van der Waals surface area (Å²) in [5.74, 6) is 0.755. The van der Waals surface area contributed by atoms with Crippen molar-refractivity contribution in [1.29, 1.82) is 0 Å². The molecular weight excluding hydrogens is 156 g/mol. The molecule has 0 nitrogen and oxygen atoms in total. The summed E-state index contributed by atoms with van der Waals surface area (Å²) >= 11 is 0. The van der Waals surface area contributed by atoms with Gasteiger partial charge in [-0.25, -0.2) is 0 Å². The van der Waals surface area contributed by atoms with Crippen LogP contribution < -0.4 is 0 Å². The molecule has 13 heavy (non-hydrogen) atoms. The number of rotatable bonds is 0. The Kier molecular flexibility index (Phi) is 1.55. The largest absolute Gasteiger partial charge is 0.0841 e. The summed E-state index contributed by atoms with van der Waals surface area (Å²) in [7, 11) is 0. The van der Waals surface area contributed by atoms with Crippen molar-refractivity contribution in [3.8, 4) is 0 Å². The smallest absolute Gasteiger partial charge is 0.00236 e. The van der Waals surface area contributed by atoms with Crippen molar-refractivity contribution in [2.24, 2.45) is 5.92 Å². The van der Waals surface area contributed by atoms with Gasteiger partial charge in [-0.05, 0) is 25.7 Å². The summed E-state index contributed by atoms with van der Waals surface area (Å²) in [5.41, 5.74) is 5.07. The van der Waals surface area contributed by atoms with Crippen LogP contribution in [0.5, 0.6) is 0 Å². The number of hydrogen-bond donors (Lipinski definition) is 0. The minimum absolute atomic E-state index is 0.755. The Labute approximate surface area is 79.3 Å². The molecule has 0 bridgehead atoms. The van der Waals surface area contributed by atoms with Crippen molar-refractivity contribution in [2.45, 2.75) is 25.7 Å². The van der Waals surface area contributed by atoms with Crippen molar-refractivity contribution in [3.05, 3.63) is 47.1 Å². The van der Waals surface area contributed by atoms with Crippen LogP contribution in [0.1, 0.15) is 25.7 Å². The van der Waals surface area contributed by atoms with Gasteiger partial charge in [0.2, 0.25) is 0 Å². The summed E-state index contributed by atoms with van der Waals surface area (Å²) in [5, 5.41) is 0. The van der Waals surface area contributed by atoms with E-state index >= 15 is 0 Å². The van der Waals surface area contributed by atoms with E-state index in [1.165, 1.54) is 25.7 Å². The third-order valence-electron chi connectivity index (χ3n) is 3.41. The van der Waals surface area contributed by atoms with Gasteiger partial charge < -0.3 is 0 Å². The lowest BCUT2D eigenvalue weighted by Crippen LogP contribution is -2.11. The molecule has 0 fully saturated rings. The highest BCUT2D eigenvalue weighted by atomic mass is 14.3. The summed E-state index contributed by atoms with van der Waals surface area (Å²) in [6, 6.07) is 0. The Morgan fingerprint density at radius 3 is 2.85 bits per heavy atom. The van der Waals surface area contributed by atoms with Gasteiger partial charge in [-0.15, -0.1) is 0 Å². The van der Waals surface area contributed by atoms with E-state index in [1.54, 1.807) is 16.7 Å². The molecule has 0 aromatic heterocycles. The average Bonchev–Trinajstić information content (AvgIpc) is 2.61. The van der Waals surface area contributed by atoms with Crippen LogP contribution >= 0.6 is 0 Å². The van der Waals surface area contributed by atoms with E-state index < -0.39 is 0 Å². The lowest BCUT2D eigenvalue weighted by Gasteiger charge is -2.27. The lowest BCUT2D eigenvalue weighted by molar-refractivity contribution is 0.662. The van der Waals surface area contributed by atoms with Crippen LogP contribution in [-0.2, 0) is 0 Å². The van der Waals surface area contributed by atoms with Crippen LogP contribution in [0.3, 0.4) is 0 Å². The van der Waals surface area contributed by atoms with Crippen molar-refractivity contribution >= 4 is 0 Å². The Bertz CT molecular complexity index is 350. The number of allylic oxidation sites excluding steroid dienone is 8. The Balaban J connectivity index is 1.93. The van der Waals surface area contributed by atoms with Crippen molar-refractivity contribution in [2.75, 3.05) is 0 Å². The molecule has 1 atom stereocenters. The molecule has 0 heteroatoms. The first-order chi connectivity index (χ1) is 6.43. The second kappa shape index (κ2) is 2.73. The molecule has 0 aliphatic heterocycles. The molecular formula is C13H14. The first-order valence-corrected chi connectivity index (χ1v) is 5.15. The van der Waals surface area contributed by atoms with Crippen molar-refractivity contribution < 1.29 is 0 Å². The molecule has 66 valence electrons. The van der Waals surface area contributed by atoms with E-state index in [4.69, 9.17) is 0 Å². The van der Waals surface area contributed by atoms with Gasteiger partial charge >= 0.3 is 0 Å². The maximum atomic E-state index is 2.36. The maximum absolute atomic E-state index is 2.36. The third-order valence-corrected chi connectivity index (χ3v) is 3.41. The molecule has 0 amide bonds. The molecule has 3 aliphatic rings. The molecule has 0 saturated carbocycles. The predicted octanol–water partition coefficient (Wildman–Crippen LogP) is 3.54. The van der Waals surface area contributed by atoms with E-state index in [-0.39, 0.29) is 0 Å². The molecule has 0 heterocycles. The Morgan fingerprint density at radius 1 is 1.08 bits per heavy atom. The third kappa shape index (κ3) is 1.13. The maximum Gasteiger partial charge on any atom is 0.00236 e. The zero-order valence-electron chi connectivity index (χ0n) is 7.79. The highest BCUT2D eigenvalue weighted by molar-refractivity contribution is 5.40. The highest BCUT2D eigenvalue weighted by Crippen LogP contribution is 2.41. The van der Waals surface area contributed by atoms with Gasteiger partial charge in [0.1, 0.15) is 0 Å². The lowest BCUT2D eigenvalue weighted by atomic mass is 9.78. The van der Waals surface area contributed by atoms with Gasteiger partial charge in [-0.3, -0.25) is 0 Å². The Hall–Kier alpha value is -1.04. The van der Waals surface area contributed by atoms with E-state index in [1.807, 2.05) is 0 Å². The summed E-state index contributed by atoms with van der Waals surface area (Å²) in [6.07, 6.45) is 16.5. The molecule has 1 unspecified atom stereocenters. The van der Waals surface area contributed by atoms with Gasteiger partial charge in [0.15, 0.2) is 0 Å². The molecule has 0 aromatic carbocycles. The first-order valence-electron chi connectivity index (χ1n) is 5.15. The summed E-state index contributed by atoms with van der Waals surface area (Å²) in [4.78, 5) is 0. The molecule has 0 aromatic rings. The molecule has 3 aliphatic carbocycles. The predicted molar refractivity (Wildman–Crippen MR) is 55.3 cm³/mol. The second-order valence-electron chi connectivity index (χ2n) is 4.20. The van der Waals surface area contributed by atoms with Crippen LogP contribution in [0.4, 0.5) is 0 Å². The van der Waals surface area contributed by atoms with Crippen molar-refractivity contribution in [3.63, 3.8) is 0 Å². The monoisotopic (exact) mass is 170 g/mol. The van der Waals surface area contributed by atoms with Gasteiger partial charge in [-0.2, -0.15) is 0 Å². The fourth-order valence-corrected chi connectivity index (χ4v) is 2.63. The van der Waals surface area contributed by atoms with Crippen LogP contribution in [0.25, 0.3) is 0 Å². The number of fused-ring (bicyclic) bond motifs is 1. The summed E-state index contributed by atoms with van der Waals surface area (Å²) in [6.45, 7) is 0. The molecule has 0 radical (unpaired) electrons. The fraction of sp³-hybridized carbons (Fsp3) is 0.385. The molecule has 0 saturated heterocycles. The van der Waals surface area contributed by atoms with E-state index in [9.17, 15) is 0 Å². The standard InChI is InChI=1S/C13H14/c1-2-5-11-9-13-7-3-6-12(13)8-10(11)4-1/h1-3,6-7,12H,4-5,8-9H2. The summed E-state index contributed by atoms with van der Waals surface area (Å²) < 4.78 is 0. The number of hydrogen-bond acceptors (Lipinski definition) is 0. The SMILES string of the molecule is C1=CC2CC3=C(CC=CC3)CC2=C1. The van der Waals surface area contributed by atoms with Gasteiger partial charge in [0.25, 0.3) is 0 Å². The van der Waals surface area contributed by atoms with E-state index in [0.29, 0.717) is 0 Å². The molecule has 3 rings (SSSR count). The first kappa shape index (κ1) is 7.37. The van der Waals surface area contributed by atoms with Crippen LogP contribution in [-0.4, -0.2) is 0 Å². The van der Waals surface area contributed by atoms with E-state index in [2.05, 4.69) is 30.4 Å². The topological polar surface area (TPSA) is 0 Å².